The van der Waals surface area contributed by atoms with E-state index in [-0.39, 0.29) is 10.5 Å². The molecule has 2 rings (SSSR count). The highest BCUT2D eigenvalue weighted by molar-refractivity contribution is 7.92. The van der Waals surface area contributed by atoms with Crippen LogP contribution in [0.5, 0.6) is 0 Å². The fourth-order valence-corrected chi connectivity index (χ4v) is 3.63. The number of carbonyl (C=O) groups excluding carboxylic acids is 1. The van der Waals surface area contributed by atoms with Crippen molar-refractivity contribution < 1.29 is 17.9 Å². The second kappa shape index (κ2) is 6.42. The van der Waals surface area contributed by atoms with Gasteiger partial charge in [-0.2, -0.15) is 0 Å². The molecule has 0 unspecified atom stereocenters. The normalized spacial score (nSPS) is 11.1. The van der Waals surface area contributed by atoms with E-state index in [2.05, 4.69) is 9.46 Å². The standard InChI is InChI=1S/C17H19NO4S/c1-11-5-8-16(13(3)9-11)23(20,21)18-15-10-14(17(19)22-4)7-6-12(15)2/h5-10,18H,1-4H3. The molecule has 0 aliphatic heterocycles. The van der Waals surface area contributed by atoms with Crippen LogP contribution in [0.3, 0.4) is 0 Å². The van der Waals surface area contributed by atoms with Crippen molar-refractivity contribution >= 4 is 21.7 Å². The van der Waals surface area contributed by atoms with E-state index >= 15 is 0 Å². The van der Waals surface area contributed by atoms with E-state index in [1.807, 2.05) is 13.0 Å². The highest BCUT2D eigenvalue weighted by atomic mass is 32.2. The van der Waals surface area contributed by atoms with Crippen LogP contribution in [0.1, 0.15) is 27.0 Å². The molecule has 0 spiro atoms. The van der Waals surface area contributed by atoms with Crippen LogP contribution < -0.4 is 4.72 Å². The number of esters is 1. The van der Waals surface area contributed by atoms with Crippen molar-refractivity contribution in [2.24, 2.45) is 0 Å². The maximum atomic E-state index is 12.6. The quantitative estimate of drug-likeness (QED) is 0.872. The van der Waals surface area contributed by atoms with Gasteiger partial charge in [0.15, 0.2) is 0 Å². The molecule has 0 saturated heterocycles. The van der Waals surface area contributed by atoms with Gasteiger partial charge in [-0.25, -0.2) is 13.2 Å². The molecule has 0 aliphatic rings. The molecule has 0 heterocycles. The maximum absolute atomic E-state index is 12.6. The molecule has 0 fully saturated rings. The number of anilines is 1. The lowest BCUT2D eigenvalue weighted by molar-refractivity contribution is 0.0601. The van der Waals surface area contributed by atoms with Gasteiger partial charge in [0, 0.05) is 0 Å². The monoisotopic (exact) mass is 333 g/mol. The topological polar surface area (TPSA) is 72.5 Å². The average Bonchev–Trinajstić information content (AvgIpc) is 2.48. The predicted octanol–water partition coefficient (Wildman–Crippen LogP) is 3.20. The highest BCUT2D eigenvalue weighted by Crippen LogP contribution is 2.23. The molecule has 0 radical (unpaired) electrons. The second-order valence-corrected chi connectivity index (χ2v) is 7.05. The number of nitrogens with one attached hydrogen (secondary N) is 1. The fraction of sp³-hybridized carbons (Fsp3) is 0.235. The van der Waals surface area contributed by atoms with Crippen LogP contribution in [0, 0.1) is 20.8 Å². The van der Waals surface area contributed by atoms with Gasteiger partial charge >= 0.3 is 5.97 Å². The minimum Gasteiger partial charge on any atom is -0.465 e. The summed E-state index contributed by atoms with van der Waals surface area (Å²) >= 11 is 0. The lowest BCUT2D eigenvalue weighted by Crippen LogP contribution is -2.15. The van der Waals surface area contributed by atoms with Crippen molar-refractivity contribution in [2.45, 2.75) is 25.7 Å². The number of hydrogen-bond acceptors (Lipinski definition) is 4. The summed E-state index contributed by atoms with van der Waals surface area (Å²) in [6.07, 6.45) is 0. The summed E-state index contributed by atoms with van der Waals surface area (Å²) in [7, 11) is -2.46. The minimum absolute atomic E-state index is 0.214. The van der Waals surface area contributed by atoms with Crippen LogP contribution in [0.15, 0.2) is 41.3 Å². The number of ether oxygens (including phenoxy) is 1. The van der Waals surface area contributed by atoms with Crippen LogP contribution in [0.2, 0.25) is 0 Å². The zero-order valence-electron chi connectivity index (χ0n) is 13.5. The lowest BCUT2D eigenvalue weighted by atomic mass is 10.1. The molecule has 0 amide bonds. The number of sulfonamides is 1. The van der Waals surface area contributed by atoms with E-state index < -0.39 is 16.0 Å². The summed E-state index contributed by atoms with van der Waals surface area (Å²) in [4.78, 5) is 11.8. The molecule has 0 atom stereocenters. The second-order valence-electron chi connectivity index (χ2n) is 5.40. The Balaban J connectivity index is 2.43. The highest BCUT2D eigenvalue weighted by Gasteiger charge is 2.18. The molecule has 6 heteroatoms. The van der Waals surface area contributed by atoms with Crippen LogP contribution in [0.4, 0.5) is 5.69 Å². The first-order valence-electron chi connectivity index (χ1n) is 7.03. The first-order chi connectivity index (χ1) is 10.7. The van der Waals surface area contributed by atoms with Crippen LogP contribution in [-0.4, -0.2) is 21.5 Å². The Morgan fingerprint density at radius 3 is 2.30 bits per heavy atom. The van der Waals surface area contributed by atoms with Crippen molar-refractivity contribution in [1.82, 2.24) is 0 Å². The van der Waals surface area contributed by atoms with Crippen LogP contribution >= 0.6 is 0 Å². The number of rotatable bonds is 4. The van der Waals surface area contributed by atoms with Gasteiger partial charge in [-0.1, -0.05) is 23.8 Å². The molecule has 0 bridgehead atoms. The largest absolute Gasteiger partial charge is 0.465 e. The summed E-state index contributed by atoms with van der Waals surface area (Å²) in [5.41, 5.74) is 3.01. The van der Waals surface area contributed by atoms with E-state index in [4.69, 9.17) is 0 Å². The molecule has 0 saturated carbocycles. The molecule has 5 nitrogen and oxygen atoms in total. The molecular weight excluding hydrogens is 314 g/mol. The van der Waals surface area contributed by atoms with Gasteiger partial charge in [-0.15, -0.1) is 0 Å². The Bertz CT molecular complexity index is 857. The van der Waals surface area contributed by atoms with Crippen molar-refractivity contribution in [1.29, 1.82) is 0 Å². The van der Waals surface area contributed by atoms with Gasteiger partial charge in [0.1, 0.15) is 0 Å². The van der Waals surface area contributed by atoms with E-state index in [1.54, 1.807) is 38.1 Å². The molecule has 2 aromatic carbocycles. The number of benzene rings is 2. The molecule has 0 aromatic heterocycles. The molecule has 0 aliphatic carbocycles. The molecule has 2 aromatic rings. The fourth-order valence-electron chi connectivity index (χ4n) is 2.28. The van der Waals surface area contributed by atoms with Gasteiger partial charge in [0.2, 0.25) is 0 Å². The van der Waals surface area contributed by atoms with Gasteiger partial charge in [0.05, 0.1) is 23.3 Å². The van der Waals surface area contributed by atoms with Crippen molar-refractivity contribution in [2.75, 3.05) is 11.8 Å². The maximum Gasteiger partial charge on any atom is 0.337 e. The number of aryl methyl sites for hydroxylation is 3. The zero-order valence-corrected chi connectivity index (χ0v) is 14.3. The first-order valence-corrected chi connectivity index (χ1v) is 8.52. The van der Waals surface area contributed by atoms with E-state index in [0.717, 1.165) is 5.56 Å². The summed E-state index contributed by atoms with van der Waals surface area (Å²) < 4.78 is 32.4. The van der Waals surface area contributed by atoms with Crippen LogP contribution in [0.25, 0.3) is 0 Å². The summed E-state index contributed by atoms with van der Waals surface area (Å²) in [6, 6.07) is 9.88. The van der Waals surface area contributed by atoms with Crippen molar-refractivity contribution in [3.8, 4) is 0 Å². The van der Waals surface area contributed by atoms with Gasteiger partial charge in [-0.05, 0) is 50.1 Å². The van der Waals surface area contributed by atoms with E-state index in [1.165, 1.54) is 13.2 Å². The van der Waals surface area contributed by atoms with E-state index in [9.17, 15) is 13.2 Å². The molecular formula is C17H19NO4S. The third-order valence-corrected chi connectivity index (χ3v) is 5.05. The molecule has 23 heavy (non-hydrogen) atoms. The Morgan fingerprint density at radius 2 is 1.70 bits per heavy atom. The number of carbonyl (C=O) groups is 1. The van der Waals surface area contributed by atoms with Crippen molar-refractivity contribution in [3.63, 3.8) is 0 Å². The number of methoxy groups -OCH3 is 1. The Labute approximate surface area is 136 Å². The van der Waals surface area contributed by atoms with E-state index in [0.29, 0.717) is 16.8 Å². The Kier molecular flexibility index (Phi) is 4.75. The average molecular weight is 333 g/mol. The number of hydrogen-bond donors (Lipinski definition) is 1. The summed E-state index contributed by atoms with van der Waals surface area (Å²) in [6.45, 7) is 5.42. The van der Waals surface area contributed by atoms with Crippen LogP contribution in [-0.2, 0) is 14.8 Å². The zero-order chi connectivity index (χ0) is 17.2. The predicted molar refractivity (Wildman–Crippen MR) is 89.2 cm³/mol. The van der Waals surface area contributed by atoms with Gasteiger partial charge < -0.3 is 4.74 Å². The SMILES string of the molecule is COC(=O)c1ccc(C)c(NS(=O)(=O)c2ccc(C)cc2C)c1. The first kappa shape index (κ1) is 17.0. The Morgan fingerprint density at radius 1 is 1.00 bits per heavy atom. The minimum atomic E-state index is -3.73. The smallest absolute Gasteiger partial charge is 0.337 e. The van der Waals surface area contributed by atoms with Gasteiger partial charge in [-0.3, -0.25) is 4.72 Å². The summed E-state index contributed by atoms with van der Waals surface area (Å²) in [5, 5.41) is 0. The third kappa shape index (κ3) is 3.71. The van der Waals surface area contributed by atoms with Crippen molar-refractivity contribution in [3.05, 3.63) is 58.7 Å². The third-order valence-electron chi connectivity index (χ3n) is 3.52. The Hall–Kier alpha value is -2.34. The molecule has 1 N–H and O–H groups in total. The molecule has 122 valence electrons. The van der Waals surface area contributed by atoms with Gasteiger partial charge in [0.25, 0.3) is 10.0 Å². The lowest BCUT2D eigenvalue weighted by Gasteiger charge is -2.13. The summed E-state index contributed by atoms with van der Waals surface area (Å²) in [5.74, 6) is -0.517.